The summed E-state index contributed by atoms with van der Waals surface area (Å²) >= 11 is 1.37. The average Bonchev–Trinajstić information content (AvgIpc) is 3.39. The van der Waals surface area contributed by atoms with Crippen molar-refractivity contribution in [1.29, 1.82) is 0 Å². The van der Waals surface area contributed by atoms with E-state index in [1.54, 1.807) is 4.68 Å². The zero-order chi connectivity index (χ0) is 22.7. The topological polar surface area (TPSA) is 103 Å². The lowest BCUT2D eigenvalue weighted by molar-refractivity contribution is -0.113. The van der Waals surface area contributed by atoms with Crippen molar-refractivity contribution in [2.24, 2.45) is 0 Å². The molecule has 0 aliphatic rings. The van der Waals surface area contributed by atoms with E-state index in [-0.39, 0.29) is 11.7 Å². The molecule has 9 nitrogen and oxygen atoms in total. The number of hydrogen-bond acceptors (Lipinski definition) is 7. The molecular weight excluding hydrogens is 424 g/mol. The minimum atomic E-state index is -0.124. The van der Waals surface area contributed by atoms with Crippen LogP contribution >= 0.6 is 11.8 Å². The number of thioether (sulfide) groups is 1. The third-order valence-electron chi connectivity index (χ3n) is 5.10. The van der Waals surface area contributed by atoms with Gasteiger partial charge >= 0.3 is 0 Å². The Morgan fingerprint density at radius 2 is 1.84 bits per heavy atom. The van der Waals surface area contributed by atoms with E-state index in [0.717, 1.165) is 33.4 Å². The lowest BCUT2D eigenvalue weighted by Crippen LogP contribution is -2.15. The summed E-state index contributed by atoms with van der Waals surface area (Å²) in [5, 5.41) is 24.0. The molecule has 0 radical (unpaired) electrons. The van der Waals surface area contributed by atoms with Crippen LogP contribution in [0.3, 0.4) is 0 Å². The minimum absolute atomic E-state index is 0.124. The lowest BCUT2D eigenvalue weighted by atomic mass is 10.1. The first-order valence-electron chi connectivity index (χ1n) is 10.3. The van der Waals surface area contributed by atoms with Crippen molar-refractivity contribution in [3.63, 3.8) is 0 Å². The molecule has 0 fully saturated rings. The lowest BCUT2D eigenvalue weighted by Gasteiger charge is -2.11. The Bertz CT molecular complexity index is 1260. The van der Waals surface area contributed by atoms with Crippen LogP contribution in [-0.4, -0.2) is 46.6 Å². The maximum absolute atomic E-state index is 12.6. The fourth-order valence-corrected chi connectivity index (χ4v) is 4.20. The molecule has 0 bridgehead atoms. The number of aromatic nitrogens is 7. The van der Waals surface area contributed by atoms with Crippen LogP contribution in [0, 0.1) is 20.8 Å². The van der Waals surface area contributed by atoms with Crippen molar-refractivity contribution < 1.29 is 4.79 Å². The standard InChI is InChI=1S/C22H24N8OS/c1-5-29-21(18-9-7-6-8-14(18)2)25-26-22(29)32-13-20(31)23-17-11-10-15(3)19(12-17)30-16(4)24-27-28-30/h6-12H,5,13H2,1-4H3,(H,23,31). The van der Waals surface area contributed by atoms with E-state index in [4.69, 9.17) is 0 Å². The van der Waals surface area contributed by atoms with E-state index < -0.39 is 0 Å². The van der Waals surface area contributed by atoms with E-state index >= 15 is 0 Å². The molecule has 0 aliphatic carbocycles. The van der Waals surface area contributed by atoms with Crippen molar-refractivity contribution in [2.75, 3.05) is 11.1 Å². The van der Waals surface area contributed by atoms with Gasteiger partial charge in [-0.25, -0.2) is 0 Å². The number of hydrogen-bond donors (Lipinski definition) is 1. The normalized spacial score (nSPS) is 11.0. The molecule has 164 valence electrons. The number of carbonyl (C=O) groups is 1. The van der Waals surface area contributed by atoms with Gasteiger partial charge < -0.3 is 9.88 Å². The first-order valence-corrected chi connectivity index (χ1v) is 11.2. The van der Waals surface area contributed by atoms with Crippen molar-refractivity contribution in [2.45, 2.75) is 39.4 Å². The summed E-state index contributed by atoms with van der Waals surface area (Å²) in [6, 6.07) is 13.7. The summed E-state index contributed by atoms with van der Waals surface area (Å²) in [7, 11) is 0. The Labute approximate surface area is 190 Å². The van der Waals surface area contributed by atoms with Gasteiger partial charge in [0.25, 0.3) is 0 Å². The molecule has 0 saturated carbocycles. The Morgan fingerprint density at radius 1 is 1.03 bits per heavy atom. The Kier molecular flexibility index (Phi) is 6.31. The third-order valence-corrected chi connectivity index (χ3v) is 6.06. The van der Waals surface area contributed by atoms with Gasteiger partial charge in [0.05, 0.1) is 11.4 Å². The summed E-state index contributed by atoms with van der Waals surface area (Å²) in [6.07, 6.45) is 0. The maximum atomic E-state index is 12.6. The zero-order valence-electron chi connectivity index (χ0n) is 18.4. The number of anilines is 1. The first kappa shape index (κ1) is 21.7. The molecule has 1 amide bonds. The van der Waals surface area contributed by atoms with Crippen LogP contribution in [0.15, 0.2) is 47.6 Å². The molecular formula is C22H24N8OS. The van der Waals surface area contributed by atoms with Crippen LogP contribution in [0.5, 0.6) is 0 Å². The molecule has 1 N–H and O–H groups in total. The van der Waals surface area contributed by atoms with Crippen LogP contribution in [0.2, 0.25) is 0 Å². The van der Waals surface area contributed by atoms with Crippen LogP contribution in [0.4, 0.5) is 5.69 Å². The predicted octanol–water partition coefficient (Wildman–Crippen LogP) is 3.60. The maximum Gasteiger partial charge on any atom is 0.234 e. The summed E-state index contributed by atoms with van der Waals surface area (Å²) in [4.78, 5) is 12.6. The largest absolute Gasteiger partial charge is 0.325 e. The highest BCUT2D eigenvalue weighted by Crippen LogP contribution is 2.26. The van der Waals surface area contributed by atoms with Gasteiger partial charge in [-0.15, -0.1) is 15.3 Å². The highest BCUT2D eigenvalue weighted by Gasteiger charge is 2.16. The summed E-state index contributed by atoms with van der Waals surface area (Å²) in [5.41, 5.74) is 4.70. The number of nitrogens with one attached hydrogen (secondary N) is 1. The highest BCUT2D eigenvalue weighted by molar-refractivity contribution is 7.99. The highest BCUT2D eigenvalue weighted by atomic mass is 32.2. The first-order chi connectivity index (χ1) is 15.5. The molecule has 10 heteroatoms. The molecule has 2 aromatic carbocycles. The van der Waals surface area contributed by atoms with Crippen molar-refractivity contribution in [3.8, 4) is 17.1 Å². The van der Waals surface area contributed by atoms with E-state index in [0.29, 0.717) is 18.1 Å². The van der Waals surface area contributed by atoms with Gasteiger partial charge in [0.2, 0.25) is 5.91 Å². The molecule has 2 heterocycles. The van der Waals surface area contributed by atoms with Gasteiger partial charge in [0, 0.05) is 17.8 Å². The SMILES string of the molecule is CCn1c(SCC(=O)Nc2ccc(C)c(-n3nnnc3C)c2)nnc1-c1ccccc1C. The number of tetrazole rings is 1. The van der Waals surface area contributed by atoms with Crippen molar-refractivity contribution >= 4 is 23.4 Å². The van der Waals surface area contributed by atoms with Crippen molar-refractivity contribution in [3.05, 3.63) is 59.4 Å². The third kappa shape index (κ3) is 4.40. The fourth-order valence-electron chi connectivity index (χ4n) is 3.40. The number of rotatable bonds is 7. The van der Waals surface area contributed by atoms with Gasteiger partial charge in [-0.3, -0.25) is 4.79 Å². The molecule has 0 unspecified atom stereocenters. The molecule has 0 atom stereocenters. The quantitative estimate of drug-likeness (QED) is 0.431. The van der Waals surface area contributed by atoms with Gasteiger partial charge in [0.1, 0.15) is 0 Å². The molecule has 0 spiro atoms. The predicted molar refractivity (Wildman–Crippen MR) is 124 cm³/mol. The van der Waals surface area contributed by atoms with Crippen LogP contribution in [0.1, 0.15) is 23.9 Å². The van der Waals surface area contributed by atoms with Crippen molar-refractivity contribution in [1.82, 2.24) is 35.0 Å². The second-order valence-electron chi connectivity index (χ2n) is 7.34. The molecule has 4 rings (SSSR count). The smallest absolute Gasteiger partial charge is 0.234 e. The summed E-state index contributed by atoms with van der Waals surface area (Å²) < 4.78 is 3.68. The number of carbonyl (C=O) groups excluding carboxylic acids is 1. The Morgan fingerprint density at radius 3 is 2.56 bits per heavy atom. The Balaban J connectivity index is 1.46. The fraction of sp³-hybridized carbons (Fsp3) is 0.273. The molecule has 32 heavy (non-hydrogen) atoms. The molecule has 2 aromatic heterocycles. The molecule has 0 aliphatic heterocycles. The number of nitrogens with zero attached hydrogens (tertiary/aromatic N) is 7. The number of benzene rings is 2. The van der Waals surface area contributed by atoms with E-state index in [9.17, 15) is 4.79 Å². The average molecular weight is 449 g/mol. The zero-order valence-corrected chi connectivity index (χ0v) is 19.2. The number of aryl methyl sites for hydroxylation is 3. The van der Waals surface area contributed by atoms with Gasteiger partial charge in [-0.1, -0.05) is 42.1 Å². The second-order valence-corrected chi connectivity index (χ2v) is 8.28. The monoisotopic (exact) mass is 448 g/mol. The minimum Gasteiger partial charge on any atom is -0.325 e. The summed E-state index contributed by atoms with van der Waals surface area (Å²) in [6.45, 7) is 8.62. The second kappa shape index (κ2) is 9.31. The molecule has 0 saturated heterocycles. The van der Waals surface area contributed by atoms with Crippen LogP contribution < -0.4 is 5.32 Å². The van der Waals surface area contributed by atoms with E-state index in [1.165, 1.54) is 11.8 Å². The van der Waals surface area contributed by atoms with Gasteiger partial charge in [-0.05, 0) is 61.4 Å². The summed E-state index contributed by atoms with van der Waals surface area (Å²) in [5.74, 6) is 1.59. The number of amides is 1. The van der Waals surface area contributed by atoms with Gasteiger partial charge in [0.15, 0.2) is 16.8 Å². The van der Waals surface area contributed by atoms with Gasteiger partial charge in [-0.2, -0.15) is 4.68 Å². The van der Waals surface area contributed by atoms with E-state index in [1.807, 2.05) is 61.7 Å². The van der Waals surface area contributed by atoms with E-state index in [2.05, 4.69) is 44.0 Å². The molecule has 4 aromatic rings. The van der Waals surface area contributed by atoms with Crippen LogP contribution in [0.25, 0.3) is 17.1 Å². The van der Waals surface area contributed by atoms with Crippen LogP contribution in [-0.2, 0) is 11.3 Å². The Hall–Kier alpha value is -3.53.